The van der Waals surface area contributed by atoms with E-state index in [1.165, 1.54) is 6.08 Å². The zero-order valence-electron chi connectivity index (χ0n) is 8.41. The quantitative estimate of drug-likeness (QED) is 0.723. The van der Waals surface area contributed by atoms with Gasteiger partial charge in [0, 0.05) is 6.08 Å². The molecular weight excluding hydrogens is 174 g/mol. The fourth-order valence-electron chi connectivity index (χ4n) is 1.38. The minimum Gasteiger partial charge on any atom is -0.507 e. The molecule has 0 aromatic heterocycles. The molecule has 0 aliphatic rings. The van der Waals surface area contributed by atoms with Crippen molar-refractivity contribution < 1.29 is 5.11 Å². The lowest BCUT2D eigenvalue weighted by atomic mass is 10.0. The van der Waals surface area contributed by atoms with E-state index in [1.807, 2.05) is 32.0 Å². The van der Waals surface area contributed by atoms with Crippen LogP contribution in [0.3, 0.4) is 0 Å². The summed E-state index contributed by atoms with van der Waals surface area (Å²) in [6.45, 7) is 3.85. The number of phenolic OH excluding ortho intramolecular Hbond substituents is 1. The van der Waals surface area contributed by atoms with E-state index >= 15 is 0 Å². The second-order valence-corrected chi connectivity index (χ2v) is 3.16. The van der Waals surface area contributed by atoms with Crippen LogP contribution in [-0.2, 0) is 6.42 Å². The topological polar surface area (TPSA) is 44.0 Å². The Labute approximate surface area is 84.1 Å². The van der Waals surface area contributed by atoms with E-state index in [2.05, 4.69) is 0 Å². The summed E-state index contributed by atoms with van der Waals surface area (Å²) < 4.78 is 0. The molecule has 0 saturated carbocycles. The highest BCUT2D eigenvalue weighted by Gasteiger charge is 2.03. The van der Waals surface area contributed by atoms with Crippen molar-refractivity contribution in [1.29, 1.82) is 5.26 Å². The zero-order chi connectivity index (χ0) is 10.6. The molecule has 0 heterocycles. The third-order valence-electron chi connectivity index (χ3n) is 2.13. The summed E-state index contributed by atoms with van der Waals surface area (Å²) in [6.07, 6.45) is 3.97. The average molecular weight is 187 g/mol. The van der Waals surface area contributed by atoms with Crippen LogP contribution < -0.4 is 0 Å². The summed E-state index contributed by atoms with van der Waals surface area (Å²) in [5.41, 5.74) is 2.73. The highest BCUT2D eigenvalue weighted by atomic mass is 16.3. The Bertz CT molecular complexity index is 400. The molecule has 1 aromatic carbocycles. The molecular formula is C12H13NO. The van der Waals surface area contributed by atoms with Crippen LogP contribution in [0.15, 0.2) is 18.2 Å². The van der Waals surface area contributed by atoms with Gasteiger partial charge in [-0.05, 0) is 48.2 Å². The second kappa shape index (κ2) is 4.48. The first-order chi connectivity index (χ1) is 6.69. The molecule has 0 bridgehead atoms. The third-order valence-corrected chi connectivity index (χ3v) is 2.13. The van der Waals surface area contributed by atoms with E-state index in [0.717, 1.165) is 23.1 Å². The van der Waals surface area contributed by atoms with Crippen LogP contribution in [0.25, 0.3) is 6.08 Å². The van der Waals surface area contributed by atoms with Gasteiger partial charge < -0.3 is 5.11 Å². The maximum atomic E-state index is 9.66. The summed E-state index contributed by atoms with van der Waals surface area (Å²) in [4.78, 5) is 0. The van der Waals surface area contributed by atoms with Crippen LogP contribution in [0, 0.1) is 18.3 Å². The Morgan fingerprint density at radius 3 is 2.79 bits per heavy atom. The van der Waals surface area contributed by atoms with Crippen molar-refractivity contribution in [1.82, 2.24) is 0 Å². The predicted octanol–water partition coefficient (Wildman–Crippen LogP) is 2.80. The SMILES string of the molecule is CCc1cc(/C=C/C#N)cc(C)c1O. The molecule has 0 unspecified atom stereocenters. The molecule has 0 saturated heterocycles. The largest absolute Gasteiger partial charge is 0.507 e. The molecule has 2 nitrogen and oxygen atoms in total. The molecule has 0 aliphatic carbocycles. The number of rotatable bonds is 2. The van der Waals surface area contributed by atoms with Gasteiger partial charge in [-0.15, -0.1) is 0 Å². The van der Waals surface area contributed by atoms with Gasteiger partial charge >= 0.3 is 0 Å². The molecule has 72 valence electrons. The number of hydrogen-bond donors (Lipinski definition) is 1. The van der Waals surface area contributed by atoms with Crippen LogP contribution in [0.4, 0.5) is 0 Å². The first-order valence-corrected chi connectivity index (χ1v) is 4.57. The Balaban J connectivity index is 3.17. The van der Waals surface area contributed by atoms with E-state index in [0.29, 0.717) is 5.75 Å². The maximum Gasteiger partial charge on any atom is 0.121 e. The molecule has 2 heteroatoms. The van der Waals surface area contributed by atoms with E-state index in [4.69, 9.17) is 5.26 Å². The molecule has 0 spiro atoms. The van der Waals surface area contributed by atoms with Gasteiger partial charge in [0.2, 0.25) is 0 Å². The minimum absolute atomic E-state index is 0.363. The van der Waals surface area contributed by atoms with Crippen LogP contribution in [0.5, 0.6) is 5.75 Å². The van der Waals surface area contributed by atoms with Crippen molar-refractivity contribution in [3.05, 3.63) is 34.9 Å². The molecule has 0 aliphatic heterocycles. The molecule has 14 heavy (non-hydrogen) atoms. The van der Waals surface area contributed by atoms with Gasteiger partial charge in [-0.2, -0.15) is 5.26 Å². The summed E-state index contributed by atoms with van der Waals surface area (Å²) >= 11 is 0. The summed E-state index contributed by atoms with van der Waals surface area (Å²) in [5, 5.41) is 18.1. The Morgan fingerprint density at radius 2 is 2.21 bits per heavy atom. The van der Waals surface area contributed by atoms with Crippen LogP contribution in [0.1, 0.15) is 23.6 Å². The van der Waals surface area contributed by atoms with Crippen LogP contribution in [-0.4, -0.2) is 5.11 Å². The second-order valence-electron chi connectivity index (χ2n) is 3.16. The number of nitriles is 1. The van der Waals surface area contributed by atoms with E-state index < -0.39 is 0 Å². The molecule has 0 atom stereocenters. The first kappa shape index (κ1) is 10.3. The lowest BCUT2D eigenvalue weighted by Crippen LogP contribution is -1.87. The Kier molecular flexibility index (Phi) is 3.30. The van der Waals surface area contributed by atoms with Crippen molar-refractivity contribution in [2.45, 2.75) is 20.3 Å². The van der Waals surface area contributed by atoms with Gasteiger partial charge in [0.1, 0.15) is 5.75 Å². The van der Waals surface area contributed by atoms with Gasteiger partial charge in [0.15, 0.2) is 0 Å². The summed E-state index contributed by atoms with van der Waals surface area (Å²) in [7, 11) is 0. The normalized spacial score (nSPS) is 10.4. The Hall–Kier alpha value is -1.75. The van der Waals surface area contributed by atoms with Gasteiger partial charge in [-0.25, -0.2) is 0 Å². The van der Waals surface area contributed by atoms with Crippen molar-refractivity contribution in [2.24, 2.45) is 0 Å². The lowest BCUT2D eigenvalue weighted by molar-refractivity contribution is 0.464. The lowest BCUT2D eigenvalue weighted by Gasteiger charge is -2.06. The van der Waals surface area contributed by atoms with Gasteiger partial charge in [0.25, 0.3) is 0 Å². The number of aryl methyl sites for hydroxylation is 2. The highest BCUT2D eigenvalue weighted by molar-refractivity contribution is 5.57. The fourth-order valence-corrected chi connectivity index (χ4v) is 1.38. The molecule has 1 N–H and O–H groups in total. The molecule has 0 fully saturated rings. The molecule has 0 amide bonds. The zero-order valence-corrected chi connectivity index (χ0v) is 8.41. The van der Waals surface area contributed by atoms with Crippen molar-refractivity contribution >= 4 is 6.08 Å². The number of nitrogens with zero attached hydrogens (tertiary/aromatic N) is 1. The molecule has 1 rings (SSSR count). The van der Waals surface area contributed by atoms with Crippen LogP contribution in [0.2, 0.25) is 0 Å². The van der Waals surface area contributed by atoms with E-state index in [9.17, 15) is 5.11 Å². The van der Waals surface area contributed by atoms with Crippen molar-refractivity contribution in [3.63, 3.8) is 0 Å². The first-order valence-electron chi connectivity index (χ1n) is 4.57. The average Bonchev–Trinajstić information content (AvgIpc) is 2.19. The number of benzene rings is 1. The monoisotopic (exact) mass is 187 g/mol. The molecule has 1 aromatic rings. The summed E-state index contributed by atoms with van der Waals surface area (Å²) in [6, 6.07) is 5.71. The number of phenols is 1. The Morgan fingerprint density at radius 1 is 1.50 bits per heavy atom. The minimum atomic E-state index is 0.363. The number of hydrogen-bond acceptors (Lipinski definition) is 2. The van der Waals surface area contributed by atoms with Gasteiger partial charge in [-0.3, -0.25) is 0 Å². The third kappa shape index (κ3) is 2.14. The molecule has 0 radical (unpaired) electrons. The maximum absolute atomic E-state index is 9.66. The predicted molar refractivity (Wildman–Crippen MR) is 56.9 cm³/mol. The highest BCUT2D eigenvalue weighted by Crippen LogP contribution is 2.24. The number of aromatic hydroxyl groups is 1. The van der Waals surface area contributed by atoms with Crippen LogP contribution >= 0.6 is 0 Å². The van der Waals surface area contributed by atoms with Crippen molar-refractivity contribution in [3.8, 4) is 11.8 Å². The smallest absolute Gasteiger partial charge is 0.121 e. The summed E-state index contributed by atoms with van der Waals surface area (Å²) in [5.74, 6) is 0.363. The standard InChI is InChI=1S/C12H13NO/c1-3-11-8-10(5-4-6-13)7-9(2)12(11)14/h4-5,7-8,14H,3H2,1-2H3/b5-4+. The van der Waals surface area contributed by atoms with Gasteiger partial charge in [0.05, 0.1) is 6.07 Å². The van der Waals surface area contributed by atoms with Gasteiger partial charge in [-0.1, -0.05) is 6.92 Å². The van der Waals surface area contributed by atoms with Crippen molar-refractivity contribution in [2.75, 3.05) is 0 Å². The fraction of sp³-hybridized carbons (Fsp3) is 0.250. The van der Waals surface area contributed by atoms with E-state index in [1.54, 1.807) is 6.08 Å². The van der Waals surface area contributed by atoms with E-state index in [-0.39, 0.29) is 0 Å². The number of allylic oxidation sites excluding steroid dienone is 1.